The van der Waals surface area contributed by atoms with E-state index in [9.17, 15) is 14.0 Å². The lowest BCUT2D eigenvalue weighted by molar-refractivity contribution is -0.125. The van der Waals surface area contributed by atoms with Crippen LogP contribution in [0.1, 0.15) is 31.4 Å². The molecule has 0 aliphatic carbocycles. The van der Waals surface area contributed by atoms with Crippen molar-refractivity contribution in [3.8, 4) is 0 Å². The van der Waals surface area contributed by atoms with E-state index in [-0.39, 0.29) is 35.8 Å². The highest BCUT2D eigenvalue weighted by molar-refractivity contribution is 5.80. The van der Waals surface area contributed by atoms with Crippen LogP contribution in [0.5, 0.6) is 0 Å². The molecule has 1 aromatic rings. The third kappa shape index (κ3) is 4.31. The van der Waals surface area contributed by atoms with E-state index in [1.54, 1.807) is 24.0 Å². The van der Waals surface area contributed by atoms with Gasteiger partial charge in [-0.25, -0.2) is 14.6 Å². The lowest BCUT2D eigenvalue weighted by atomic mass is 9.93. The molecule has 3 N–H and O–H groups in total. The molecule has 2 heterocycles. The molecular weight excluding hydrogens is 339 g/mol. The molecule has 7 nitrogen and oxygen atoms in total. The van der Waals surface area contributed by atoms with Crippen molar-refractivity contribution in [2.75, 3.05) is 26.2 Å². The first-order valence-corrected chi connectivity index (χ1v) is 9.04. The Balaban J connectivity index is 1.53. The van der Waals surface area contributed by atoms with Crippen LogP contribution in [0.3, 0.4) is 0 Å². The number of nitrogens with one attached hydrogen (secondary N) is 3. The number of benzene rings is 1. The van der Waals surface area contributed by atoms with Gasteiger partial charge in [-0.1, -0.05) is 12.1 Å². The van der Waals surface area contributed by atoms with Crippen LogP contribution < -0.4 is 16.2 Å². The van der Waals surface area contributed by atoms with Gasteiger partial charge in [-0.3, -0.25) is 10.2 Å². The summed E-state index contributed by atoms with van der Waals surface area (Å²) in [6.07, 6.45) is 1.12. The van der Waals surface area contributed by atoms with E-state index in [0.717, 1.165) is 5.56 Å². The Morgan fingerprint density at radius 2 is 1.96 bits per heavy atom. The van der Waals surface area contributed by atoms with Crippen molar-refractivity contribution in [3.63, 3.8) is 0 Å². The number of carbonyl (C=O) groups excluding carboxylic acids is 2. The van der Waals surface area contributed by atoms with E-state index in [1.807, 2.05) is 0 Å². The lowest BCUT2D eigenvalue weighted by Crippen LogP contribution is -2.48. The molecule has 26 heavy (non-hydrogen) atoms. The minimum absolute atomic E-state index is 0.0357. The monoisotopic (exact) mass is 364 g/mol. The number of halogens is 1. The summed E-state index contributed by atoms with van der Waals surface area (Å²) >= 11 is 0. The summed E-state index contributed by atoms with van der Waals surface area (Å²) in [4.78, 5) is 26.1. The summed E-state index contributed by atoms with van der Waals surface area (Å²) in [6, 6.07) is 6.03. The maximum Gasteiger partial charge on any atom is 0.409 e. The highest BCUT2D eigenvalue weighted by Crippen LogP contribution is 2.25. The number of amides is 2. The van der Waals surface area contributed by atoms with E-state index in [2.05, 4.69) is 16.2 Å². The predicted octanol–water partition coefficient (Wildman–Crippen LogP) is 1.33. The van der Waals surface area contributed by atoms with Gasteiger partial charge in [0.1, 0.15) is 5.82 Å². The van der Waals surface area contributed by atoms with Crippen LogP contribution >= 0.6 is 0 Å². The highest BCUT2D eigenvalue weighted by atomic mass is 19.1. The Morgan fingerprint density at radius 1 is 1.27 bits per heavy atom. The van der Waals surface area contributed by atoms with Gasteiger partial charge in [0.15, 0.2) is 0 Å². The van der Waals surface area contributed by atoms with Crippen LogP contribution in [0, 0.1) is 11.7 Å². The lowest BCUT2D eigenvalue weighted by Gasteiger charge is -2.32. The van der Waals surface area contributed by atoms with Gasteiger partial charge in [0.2, 0.25) is 5.91 Å². The standard InChI is InChI=1S/C18H25FN4O3/c1-2-26-18(25)23-9-7-14(8-10-23)21-17(24)15-11-20-22-16(15)12-3-5-13(19)6-4-12/h3-6,14-16,20,22H,2,7-11H2,1H3,(H,21,24). The molecule has 2 aliphatic rings. The average molecular weight is 364 g/mol. The van der Waals surface area contributed by atoms with Crippen LogP contribution in [0.2, 0.25) is 0 Å². The molecule has 8 heteroatoms. The van der Waals surface area contributed by atoms with Crippen LogP contribution in [0.15, 0.2) is 24.3 Å². The van der Waals surface area contributed by atoms with Crippen molar-refractivity contribution in [3.05, 3.63) is 35.6 Å². The molecule has 2 fully saturated rings. The molecule has 0 saturated carbocycles. The molecule has 2 unspecified atom stereocenters. The van der Waals surface area contributed by atoms with Crippen molar-refractivity contribution >= 4 is 12.0 Å². The average Bonchev–Trinajstić information content (AvgIpc) is 3.13. The van der Waals surface area contributed by atoms with Gasteiger partial charge in [0, 0.05) is 25.7 Å². The number of piperidine rings is 1. The molecule has 3 rings (SSSR count). The molecule has 142 valence electrons. The number of nitrogens with zero attached hydrogens (tertiary/aromatic N) is 1. The van der Waals surface area contributed by atoms with Gasteiger partial charge in [0.25, 0.3) is 0 Å². The molecule has 2 saturated heterocycles. The van der Waals surface area contributed by atoms with E-state index >= 15 is 0 Å². The topological polar surface area (TPSA) is 82.7 Å². The third-order valence-corrected chi connectivity index (χ3v) is 4.92. The second-order valence-corrected chi connectivity index (χ2v) is 6.63. The zero-order valence-electron chi connectivity index (χ0n) is 14.8. The number of hydrogen-bond donors (Lipinski definition) is 3. The predicted molar refractivity (Wildman–Crippen MR) is 93.5 cm³/mol. The fraction of sp³-hybridized carbons (Fsp3) is 0.556. The first kappa shape index (κ1) is 18.6. The molecule has 0 radical (unpaired) electrons. The Labute approximate surface area is 152 Å². The maximum atomic E-state index is 13.1. The minimum atomic E-state index is -0.297. The van der Waals surface area contributed by atoms with Crippen molar-refractivity contribution in [1.29, 1.82) is 0 Å². The number of rotatable bonds is 4. The van der Waals surface area contributed by atoms with Gasteiger partial charge in [-0.05, 0) is 37.5 Å². The van der Waals surface area contributed by atoms with Crippen LogP contribution in [-0.4, -0.2) is 49.2 Å². The Bertz CT molecular complexity index is 632. The van der Waals surface area contributed by atoms with Gasteiger partial charge >= 0.3 is 6.09 Å². The highest BCUT2D eigenvalue weighted by Gasteiger charge is 2.35. The van der Waals surface area contributed by atoms with Gasteiger partial charge in [0.05, 0.1) is 18.6 Å². The summed E-state index contributed by atoms with van der Waals surface area (Å²) in [5, 5.41) is 3.09. The zero-order chi connectivity index (χ0) is 18.5. The summed E-state index contributed by atoms with van der Waals surface area (Å²) < 4.78 is 18.1. The first-order chi connectivity index (χ1) is 12.6. The second-order valence-electron chi connectivity index (χ2n) is 6.63. The van der Waals surface area contributed by atoms with Crippen LogP contribution in [-0.2, 0) is 9.53 Å². The maximum absolute atomic E-state index is 13.1. The fourth-order valence-corrected chi connectivity index (χ4v) is 3.46. The Hall–Kier alpha value is -2.19. The normalized spacial score (nSPS) is 23.7. The van der Waals surface area contributed by atoms with Crippen molar-refractivity contribution in [2.45, 2.75) is 31.8 Å². The summed E-state index contributed by atoms with van der Waals surface area (Å²) in [5.41, 5.74) is 6.98. The molecule has 0 aromatic heterocycles. The molecule has 2 amide bonds. The van der Waals surface area contributed by atoms with Crippen LogP contribution in [0.25, 0.3) is 0 Å². The van der Waals surface area contributed by atoms with E-state index in [0.29, 0.717) is 39.1 Å². The van der Waals surface area contributed by atoms with E-state index in [4.69, 9.17) is 4.74 Å². The van der Waals surface area contributed by atoms with Crippen molar-refractivity contribution in [1.82, 2.24) is 21.1 Å². The van der Waals surface area contributed by atoms with Crippen molar-refractivity contribution < 1.29 is 18.7 Å². The fourth-order valence-electron chi connectivity index (χ4n) is 3.46. The smallest absolute Gasteiger partial charge is 0.409 e. The van der Waals surface area contributed by atoms with Gasteiger partial charge in [-0.15, -0.1) is 0 Å². The molecular formula is C18H25FN4O3. The summed E-state index contributed by atoms with van der Waals surface area (Å²) in [6.45, 7) is 3.81. The third-order valence-electron chi connectivity index (χ3n) is 4.92. The molecule has 2 aliphatic heterocycles. The zero-order valence-corrected chi connectivity index (χ0v) is 14.8. The van der Waals surface area contributed by atoms with Crippen molar-refractivity contribution in [2.24, 2.45) is 5.92 Å². The largest absolute Gasteiger partial charge is 0.450 e. The number of likely N-dealkylation sites (tertiary alicyclic amines) is 1. The number of hydrazine groups is 1. The quantitative estimate of drug-likeness (QED) is 0.751. The van der Waals surface area contributed by atoms with Gasteiger partial charge in [-0.2, -0.15) is 0 Å². The summed E-state index contributed by atoms with van der Waals surface area (Å²) in [5.74, 6) is -0.607. The second kappa shape index (κ2) is 8.46. The minimum Gasteiger partial charge on any atom is -0.450 e. The van der Waals surface area contributed by atoms with Gasteiger partial charge < -0.3 is 15.0 Å². The van der Waals surface area contributed by atoms with E-state index < -0.39 is 0 Å². The molecule has 2 atom stereocenters. The Kier molecular flexibility index (Phi) is 6.05. The Morgan fingerprint density at radius 3 is 2.62 bits per heavy atom. The number of carbonyl (C=O) groups is 2. The first-order valence-electron chi connectivity index (χ1n) is 9.04. The molecule has 0 bridgehead atoms. The summed E-state index contributed by atoms with van der Waals surface area (Å²) in [7, 11) is 0. The molecule has 0 spiro atoms. The number of ether oxygens (including phenoxy) is 1. The number of hydrogen-bond acceptors (Lipinski definition) is 5. The molecule has 1 aromatic carbocycles. The van der Waals surface area contributed by atoms with E-state index in [1.165, 1.54) is 12.1 Å². The van der Waals surface area contributed by atoms with Crippen LogP contribution in [0.4, 0.5) is 9.18 Å². The SMILES string of the molecule is CCOC(=O)N1CCC(NC(=O)C2CNNC2c2ccc(F)cc2)CC1.